The average Bonchev–Trinajstić information content (AvgIpc) is 1.18. The van der Waals surface area contributed by atoms with Gasteiger partial charge in [-0.1, -0.05) is 85.5 Å². The highest BCUT2D eigenvalue weighted by atomic mass is 19.4. The van der Waals surface area contributed by atoms with E-state index in [1.807, 2.05) is 13.8 Å². The molecule has 24 nitrogen and oxygen atoms in total. The van der Waals surface area contributed by atoms with E-state index in [0.717, 1.165) is 50.2 Å². The van der Waals surface area contributed by atoms with Gasteiger partial charge in [0.2, 0.25) is 70.9 Å². The monoisotopic (exact) mass is 1450 g/mol. The molecule has 0 radical (unpaired) electrons. The standard InChI is InChI=1S/C71H105F7N12O12/c1-12-43(4)59-66(100)84(7)39-56(93)82(5)40-57(94)86(9)51(35-44-22-15-13-16-23-44)64(98)83(6)38-54(91)79-49(27-26-45-33-47(72)58(48(73)34-45)71(76,77)78)63(97)90-41-70(74,75)37-53(90)62(96)81-69(28-21-29-69)68(102)88(11)60(46-24-17-14-18-25-46)67(101)87(10)52(65(99)89-30-19-20-31-89)36-55(92)85(8)50(32-42(2)3)61(95)80-59/h33-34,42-44,46,49-53,59-60H,12-32,35-41H2,1-11H3,(H,79,91)(H,80,95)(H,81,96)/t43-,49-,50-,51-,52-,53-,59-,60-/m0/s1. The summed E-state index contributed by atoms with van der Waals surface area (Å²) in [5.74, 6) is -19.4. The van der Waals surface area contributed by atoms with E-state index in [9.17, 15) is 56.3 Å². The van der Waals surface area contributed by atoms with Crippen LogP contribution in [0.5, 0.6) is 0 Å². The average molecular weight is 1450 g/mol. The molecule has 3 saturated carbocycles. The van der Waals surface area contributed by atoms with Crippen LogP contribution >= 0.6 is 0 Å². The van der Waals surface area contributed by atoms with E-state index in [1.165, 1.54) is 64.0 Å². The summed E-state index contributed by atoms with van der Waals surface area (Å²) >= 11 is 0. The van der Waals surface area contributed by atoms with Crippen molar-refractivity contribution in [1.82, 2.24) is 60.0 Å². The van der Waals surface area contributed by atoms with Gasteiger partial charge in [0.05, 0.1) is 32.6 Å². The summed E-state index contributed by atoms with van der Waals surface area (Å²) in [7, 11) is 9.29. The summed E-state index contributed by atoms with van der Waals surface area (Å²) in [5.41, 5.74) is -4.53. The first kappa shape index (κ1) is 81.7. The van der Waals surface area contributed by atoms with Crippen LogP contribution in [0.4, 0.5) is 30.7 Å². The second kappa shape index (κ2) is 34.8. The zero-order valence-corrected chi connectivity index (χ0v) is 60.9. The fourth-order valence-electron chi connectivity index (χ4n) is 15.3. The smallest absolute Gasteiger partial charge is 0.343 e. The van der Waals surface area contributed by atoms with Crippen molar-refractivity contribution in [2.24, 2.45) is 23.7 Å². The van der Waals surface area contributed by atoms with E-state index in [2.05, 4.69) is 16.0 Å². The lowest BCUT2D eigenvalue weighted by atomic mass is 9.74. The molecule has 3 aliphatic carbocycles. The molecule has 570 valence electrons. The number of carbonyl (C=O) groups excluding carboxylic acids is 12. The Morgan fingerprint density at radius 1 is 0.627 bits per heavy atom. The van der Waals surface area contributed by atoms with Gasteiger partial charge in [0, 0.05) is 68.8 Å². The van der Waals surface area contributed by atoms with Crippen LogP contribution in [0.25, 0.3) is 0 Å². The summed E-state index contributed by atoms with van der Waals surface area (Å²) in [5, 5.41) is 7.92. The number of nitrogens with one attached hydrogen (secondary N) is 3. The van der Waals surface area contributed by atoms with Crippen molar-refractivity contribution in [3.8, 4) is 0 Å². The predicted molar refractivity (Wildman–Crippen MR) is 360 cm³/mol. The lowest BCUT2D eigenvalue weighted by Crippen LogP contribution is -2.68. The Labute approximate surface area is 593 Å². The first-order chi connectivity index (χ1) is 47.8. The van der Waals surface area contributed by atoms with Crippen LogP contribution in [-0.2, 0) is 70.1 Å². The summed E-state index contributed by atoms with van der Waals surface area (Å²) < 4.78 is 103. The number of halogens is 7. The Hall–Kier alpha value is -7.63. The molecule has 0 unspecified atom stereocenters. The summed E-state index contributed by atoms with van der Waals surface area (Å²) in [4.78, 5) is 188. The van der Waals surface area contributed by atoms with E-state index >= 15 is 31.9 Å². The number of amides is 12. The Morgan fingerprint density at radius 2 is 1.20 bits per heavy atom. The van der Waals surface area contributed by atoms with Gasteiger partial charge in [-0.15, -0.1) is 0 Å². The molecular weight excluding hydrogens is 1350 g/mol. The third-order valence-electron chi connectivity index (χ3n) is 21.9. The lowest BCUT2D eigenvalue weighted by Gasteiger charge is -2.47. The summed E-state index contributed by atoms with van der Waals surface area (Å²) in [6.45, 7) is 4.25. The number of likely N-dealkylation sites (N-methyl/N-ethyl adjacent to an activating group) is 7. The summed E-state index contributed by atoms with van der Waals surface area (Å²) in [6.07, 6.45) is 0.00409. The van der Waals surface area contributed by atoms with Crippen LogP contribution in [0, 0.1) is 35.3 Å². The Kier molecular flexibility index (Phi) is 27.8. The molecule has 31 heteroatoms. The van der Waals surface area contributed by atoms with Crippen molar-refractivity contribution in [3.05, 3.63) is 34.9 Å². The Balaban J connectivity index is 1.30. The highest BCUT2D eigenvalue weighted by molar-refractivity contribution is 6.01. The molecule has 0 bridgehead atoms. The molecule has 8 atom stereocenters. The summed E-state index contributed by atoms with van der Waals surface area (Å²) in [6, 6.07) is -9.96. The highest BCUT2D eigenvalue weighted by Crippen LogP contribution is 2.40. The minimum Gasteiger partial charge on any atom is -0.343 e. The number of aryl methyl sites for hydroxylation is 1. The van der Waals surface area contributed by atoms with Crippen molar-refractivity contribution >= 4 is 70.9 Å². The van der Waals surface area contributed by atoms with Crippen LogP contribution in [0.2, 0.25) is 0 Å². The van der Waals surface area contributed by atoms with E-state index in [-0.39, 0.29) is 37.5 Å². The van der Waals surface area contributed by atoms with Gasteiger partial charge >= 0.3 is 6.18 Å². The van der Waals surface area contributed by atoms with Crippen LogP contribution < -0.4 is 16.0 Å². The fourth-order valence-corrected chi connectivity index (χ4v) is 15.3. The van der Waals surface area contributed by atoms with Crippen molar-refractivity contribution in [2.45, 2.75) is 229 Å². The van der Waals surface area contributed by atoms with Crippen LogP contribution in [0.1, 0.15) is 174 Å². The fraction of sp³-hybridized carbons (Fsp3) is 0.746. The molecule has 6 fully saturated rings. The maximum absolute atomic E-state index is 16.1. The van der Waals surface area contributed by atoms with Gasteiger partial charge in [-0.3, -0.25) is 57.5 Å². The number of fused-ring (bicyclic) bond motifs is 1. The molecule has 12 amide bonds. The number of hydrogen-bond donors (Lipinski definition) is 3. The van der Waals surface area contributed by atoms with Gasteiger partial charge in [-0.25, -0.2) is 17.6 Å². The molecule has 1 aromatic rings. The molecule has 3 aliphatic heterocycles. The molecule has 3 saturated heterocycles. The maximum Gasteiger partial charge on any atom is 0.422 e. The molecule has 0 aromatic heterocycles. The van der Waals surface area contributed by atoms with Gasteiger partial charge in [0.15, 0.2) is 0 Å². The molecule has 6 aliphatic rings. The lowest BCUT2D eigenvalue weighted by molar-refractivity contribution is -0.158. The highest BCUT2D eigenvalue weighted by Gasteiger charge is 2.56. The zero-order valence-electron chi connectivity index (χ0n) is 60.9. The predicted octanol–water partition coefficient (Wildman–Crippen LogP) is 5.51. The number of nitrogens with zero attached hydrogens (tertiary/aromatic N) is 9. The molecule has 7 rings (SSSR count). The van der Waals surface area contributed by atoms with Gasteiger partial charge in [-0.2, -0.15) is 13.2 Å². The van der Waals surface area contributed by atoms with Crippen LogP contribution in [0.3, 0.4) is 0 Å². The van der Waals surface area contributed by atoms with E-state index in [4.69, 9.17) is 0 Å². The third-order valence-corrected chi connectivity index (χ3v) is 21.9. The first-order valence-electron chi connectivity index (χ1n) is 36.0. The normalized spacial score (nSPS) is 27.0. The van der Waals surface area contributed by atoms with Gasteiger partial charge in [0.1, 0.15) is 65.0 Å². The van der Waals surface area contributed by atoms with Gasteiger partial charge < -0.3 is 60.0 Å². The molecular formula is C71H105F7N12O12. The van der Waals surface area contributed by atoms with Gasteiger partial charge in [-0.05, 0) is 112 Å². The Bertz CT molecular complexity index is 3220. The maximum atomic E-state index is 16.1. The molecule has 102 heavy (non-hydrogen) atoms. The van der Waals surface area contributed by atoms with Crippen molar-refractivity contribution < 1.29 is 88.3 Å². The van der Waals surface area contributed by atoms with Crippen molar-refractivity contribution in [1.29, 1.82) is 0 Å². The number of benzene rings is 1. The SMILES string of the molecule is CC[C@H](C)[C@@H]1NC(=O)[C@H](CC(C)C)N(C)C(=O)C[C@@H](C(=O)N2CCCC2)N(C)C(=O)[C@H](C2CCCCC2)N(C)C(=O)C2(CCC2)NC(=O)[C@@H]2CC(F)(F)CN2C(=O)[C@H](CCc2cc(F)c(C(F)(F)F)c(F)c2)NC(=O)CN(C)C(=O)[C@H](CC2CCCCC2)N(C)C(=O)CN(C)C(=O)CN(C)C1=O. The van der Waals surface area contributed by atoms with E-state index < -0.39 is 217 Å². The van der Waals surface area contributed by atoms with Crippen molar-refractivity contribution in [3.63, 3.8) is 0 Å². The van der Waals surface area contributed by atoms with E-state index in [0.29, 0.717) is 94.3 Å². The number of rotatable bonds is 11. The molecule has 1 spiro atoms. The molecule has 3 heterocycles. The van der Waals surface area contributed by atoms with E-state index in [1.54, 1.807) is 13.8 Å². The molecule has 3 N–H and O–H groups in total. The minimum atomic E-state index is -5.46. The number of hydrogen-bond acceptors (Lipinski definition) is 12. The topological polar surface area (TPSA) is 270 Å². The number of carbonyl (C=O) groups is 12. The van der Waals surface area contributed by atoms with Gasteiger partial charge in [0.25, 0.3) is 5.92 Å². The zero-order chi connectivity index (χ0) is 75.6. The van der Waals surface area contributed by atoms with Crippen LogP contribution in [0.15, 0.2) is 12.1 Å². The number of likely N-dealkylation sites (tertiary alicyclic amines) is 1. The van der Waals surface area contributed by atoms with Crippen LogP contribution in [-0.4, -0.2) is 257 Å². The second-order valence-corrected chi connectivity index (χ2v) is 29.9. The largest absolute Gasteiger partial charge is 0.422 e. The second-order valence-electron chi connectivity index (χ2n) is 29.9. The third kappa shape index (κ3) is 19.8. The Morgan fingerprint density at radius 3 is 1.75 bits per heavy atom. The quantitative estimate of drug-likeness (QED) is 0.232. The first-order valence-corrected chi connectivity index (χ1v) is 36.0. The number of alkyl halides is 5. The van der Waals surface area contributed by atoms with Crippen molar-refractivity contribution in [2.75, 3.05) is 88.6 Å². The molecule has 1 aromatic carbocycles. The minimum absolute atomic E-state index is 0.0707.